The Morgan fingerprint density at radius 3 is 2.45 bits per heavy atom. The predicted molar refractivity (Wildman–Crippen MR) is 88.0 cm³/mol. The summed E-state index contributed by atoms with van der Waals surface area (Å²) in [6.07, 6.45) is 0. The number of halogens is 1. The molecule has 2 aromatic carbocycles. The monoisotopic (exact) mass is 357 g/mol. The first-order chi connectivity index (χ1) is 10.8. The van der Waals surface area contributed by atoms with Crippen LogP contribution in [-0.2, 0) is 19.6 Å². The van der Waals surface area contributed by atoms with Crippen LogP contribution in [0.1, 0.15) is 17.0 Å². The van der Waals surface area contributed by atoms with Gasteiger partial charge in [-0.3, -0.25) is 0 Å². The Morgan fingerprint density at radius 2 is 1.68 bits per heavy atom. The Bertz CT molecular complexity index is 709. The summed E-state index contributed by atoms with van der Waals surface area (Å²) in [6, 6.07) is 18.4. The van der Waals surface area contributed by atoms with Crippen molar-refractivity contribution in [3.63, 3.8) is 0 Å². The molecule has 0 aliphatic heterocycles. The van der Waals surface area contributed by atoms with Gasteiger partial charge in [-0.15, -0.1) is 5.10 Å². The summed E-state index contributed by atoms with van der Waals surface area (Å²) >= 11 is 3.44. The molecule has 1 aromatic heterocycles. The summed E-state index contributed by atoms with van der Waals surface area (Å²) in [6.45, 7) is 2.10. The number of rotatable bonds is 6. The van der Waals surface area contributed by atoms with Crippen molar-refractivity contribution in [1.82, 2.24) is 25.5 Å². The van der Waals surface area contributed by atoms with Crippen LogP contribution in [0.4, 0.5) is 0 Å². The van der Waals surface area contributed by atoms with Gasteiger partial charge in [-0.05, 0) is 33.7 Å². The SMILES string of the molecule is Brc1ccc(CNCc2nnnn2Cc2ccccc2)cc1. The number of aromatic nitrogens is 4. The standard InChI is InChI=1S/C16H16BrN5/c17-15-8-6-13(7-9-15)10-18-11-16-19-20-21-22(16)12-14-4-2-1-3-5-14/h1-9,18H,10-12H2. The normalized spacial score (nSPS) is 10.8. The van der Waals surface area contributed by atoms with Gasteiger partial charge in [0.1, 0.15) is 0 Å². The van der Waals surface area contributed by atoms with Gasteiger partial charge in [-0.25, -0.2) is 4.68 Å². The molecule has 0 saturated heterocycles. The van der Waals surface area contributed by atoms with E-state index < -0.39 is 0 Å². The van der Waals surface area contributed by atoms with Crippen LogP contribution in [0.3, 0.4) is 0 Å². The third kappa shape index (κ3) is 3.99. The molecule has 0 amide bonds. The first-order valence-electron chi connectivity index (χ1n) is 7.05. The Balaban J connectivity index is 1.57. The fourth-order valence-corrected chi connectivity index (χ4v) is 2.41. The second-order valence-electron chi connectivity index (χ2n) is 4.97. The van der Waals surface area contributed by atoms with Crippen LogP contribution in [0.25, 0.3) is 0 Å². The van der Waals surface area contributed by atoms with Crippen LogP contribution in [0, 0.1) is 0 Å². The molecule has 1 heterocycles. The zero-order valence-electron chi connectivity index (χ0n) is 12.0. The molecule has 0 atom stereocenters. The maximum Gasteiger partial charge on any atom is 0.165 e. The van der Waals surface area contributed by atoms with Gasteiger partial charge in [0, 0.05) is 11.0 Å². The minimum atomic E-state index is 0.635. The van der Waals surface area contributed by atoms with Gasteiger partial charge in [0.05, 0.1) is 13.1 Å². The minimum Gasteiger partial charge on any atom is -0.306 e. The molecule has 0 spiro atoms. The molecule has 0 bridgehead atoms. The van der Waals surface area contributed by atoms with E-state index in [0.29, 0.717) is 13.1 Å². The van der Waals surface area contributed by atoms with E-state index in [0.717, 1.165) is 16.8 Å². The lowest BCUT2D eigenvalue weighted by Crippen LogP contribution is -2.17. The number of benzene rings is 2. The topological polar surface area (TPSA) is 55.6 Å². The van der Waals surface area contributed by atoms with Crippen molar-refractivity contribution in [2.45, 2.75) is 19.6 Å². The van der Waals surface area contributed by atoms with E-state index in [9.17, 15) is 0 Å². The zero-order chi connectivity index (χ0) is 15.2. The molecule has 0 saturated carbocycles. The molecule has 0 radical (unpaired) electrons. The molecular weight excluding hydrogens is 342 g/mol. The van der Waals surface area contributed by atoms with Crippen LogP contribution in [-0.4, -0.2) is 20.2 Å². The fraction of sp³-hybridized carbons (Fsp3) is 0.188. The van der Waals surface area contributed by atoms with E-state index in [2.05, 4.69) is 61.0 Å². The second-order valence-corrected chi connectivity index (χ2v) is 5.88. The fourth-order valence-electron chi connectivity index (χ4n) is 2.15. The van der Waals surface area contributed by atoms with Crippen molar-refractivity contribution < 1.29 is 0 Å². The number of tetrazole rings is 1. The molecule has 0 aliphatic carbocycles. The Morgan fingerprint density at radius 1 is 0.909 bits per heavy atom. The number of nitrogens with zero attached hydrogens (tertiary/aromatic N) is 4. The van der Waals surface area contributed by atoms with Crippen LogP contribution >= 0.6 is 15.9 Å². The van der Waals surface area contributed by atoms with Crippen molar-refractivity contribution in [2.75, 3.05) is 0 Å². The molecule has 6 heteroatoms. The predicted octanol–water partition coefficient (Wildman–Crippen LogP) is 2.77. The lowest BCUT2D eigenvalue weighted by atomic mass is 10.2. The van der Waals surface area contributed by atoms with Gasteiger partial charge in [-0.1, -0.05) is 58.4 Å². The van der Waals surface area contributed by atoms with Crippen molar-refractivity contribution in [3.05, 3.63) is 76.0 Å². The first kappa shape index (κ1) is 14.9. The van der Waals surface area contributed by atoms with E-state index in [1.54, 1.807) is 0 Å². The molecule has 1 N–H and O–H groups in total. The average molecular weight is 358 g/mol. The number of nitrogens with one attached hydrogen (secondary N) is 1. The van der Waals surface area contributed by atoms with Crippen LogP contribution in [0.15, 0.2) is 59.1 Å². The van der Waals surface area contributed by atoms with Gasteiger partial charge < -0.3 is 5.32 Å². The minimum absolute atomic E-state index is 0.635. The number of hydrogen-bond acceptors (Lipinski definition) is 4. The van der Waals surface area contributed by atoms with Crippen LogP contribution in [0.2, 0.25) is 0 Å². The zero-order valence-corrected chi connectivity index (χ0v) is 13.6. The highest BCUT2D eigenvalue weighted by Crippen LogP contribution is 2.10. The molecule has 3 aromatic rings. The summed E-state index contributed by atoms with van der Waals surface area (Å²) in [5.41, 5.74) is 2.41. The summed E-state index contributed by atoms with van der Waals surface area (Å²) < 4.78 is 2.91. The van der Waals surface area contributed by atoms with Crippen molar-refractivity contribution in [3.8, 4) is 0 Å². The van der Waals surface area contributed by atoms with Gasteiger partial charge >= 0.3 is 0 Å². The molecule has 0 unspecified atom stereocenters. The van der Waals surface area contributed by atoms with E-state index in [-0.39, 0.29) is 0 Å². The Hall–Kier alpha value is -2.05. The molecule has 22 heavy (non-hydrogen) atoms. The summed E-state index contributed by atoms with van der Waals surface area (Å²) in [7, 11) is 0. The highest BCUT2D eigenvalue weighted by Gasteiger charge is 2.06. The number of hydrogen-bond donors (Lipinski definition) is 1. The third-order valence-electron chi connectivity index (χ3n) is 3.31. The van der Waals surface area contributed by atoms with Crippen molar-refractivity contribution in [2.24, 2.45) is 0 Å². The summed E-state index contributed by atoms with van der Waals surface area (Å²) in [5, 5.41) is 15.3. The van der Waals surface area contributed by atoms with Gasteiger partial charge in [0.15, 0.2) is 5.82 Å². The van der Waals surface area contributed by atoms with Crippen molar-refractivity contribution >= 4 is 15.9 Å². The second kappa shape index (κ2) is 7.29. The molecule has 5 nitrogen and oxygen atoms in total. The molecule has 3 rings (SSSR count). The van der Waals surface area contributed by atoms with Gasteiger partial charge in [-0.2, -0.15) is 0 Å². The van der Waals surface area contributed by atoms with E-state index in [1.165, 1.54) is 11.1 Å². The summed E-state index contributed by atoms with van der Waals surface area (Å²) in [5.74, 6) is 0.834. The first-order valence-corrected chi connectivity index (χ1v) is 7.85. The highest BCUT2D eigenvalue weighted by molar-refractivity contribution is 9.10. The van der Waals surface area contributed by atoms with Crippen LogP contribution < -0.4 is 5.32 Å². The molecule has 0 fully saturated rings. The van der Waals surface area contributed by atoms with Crippen LogP contribution in [0.5, 0.6) is 0 Å². The summed E-state index contributed by atoms with van der Waals surface area (Å²) in [4.78, 5) is 0. The van der Waals surface area contributed by atoms with E-state index >= 15 is 0 Å². The van der Waals surface area contributed by atoms with E-state index in [1.807, 2.05) is 35.0 Å². The van der Waals surface area contributed by atoms with Crippen molar-refractivity contribution in [1.29, 1.82) is 0 Å². The lowest BCUT2D eigenvalue weighted by molar-refractivity contribution is 0.579. The quantitative estimate of drug-likeness (QED) is 0.736. The lowest BCUT2D eigenvalue weighted by Gasteiger charge is -2.06. The maximum atomic E-state index is 4.09. The molecular formula is C16H16BrN5. The molecule has 112 valence electrons. The largest absolute Gasteiger partial charge is 0.306 e. The maximum absolute atomic E-state index is 4.09. The van der Waals surface area contributed by atoms with Gasteiger partial charge in [0.25, 0.3) is 0 Å². The highest BCUT2D eigenvalue weighted by atomic mass is 79.9. The Kier molecular flexibility index (Phi) is 4.92. The average Bonchev–Trinajstić information content (AvgIpc) is 2.98. The Labute approximate surface area is 137 Å². The van der Waals surface area contributed by atoms with E-state index in [4.69, 9.17) is 0 Å². The third-order valence-corrected chi connectivity index (χ3v) is 3.84. The molecule has 0 aliphatic rings. The van der Waals surface area contributed by atoms with Gasteiger partial charge in [0.2, 0.25) is 0 Å². The smallest absolute Gasteiger partial charge is 0.165 e.